The third-order valence-electron chi connectivity index (χ3n) is 4.34. The maximum Gasteiger partial charge on any atom is 0.122 e. The van der Waals surface area contributed by atoms with Crippen molar-refractivity contribution in [3.63, 3.8) is 0 Å². The lowest BCUT2D eigenvalue weighted by atomic mass is 9.85. The Morgan fingerprint density at radius 2 is 1.42 bits per heavy atom. The maximum absolute atomic E-state index is 5.39. The molecule has 2 aromatic carbocycles. The van der Waals surface area contributed by atoms with Gasteiger partial charge >= 0.3 is 0 Å². The van der Waals surface area contributed by atoms with Crippen LogP contribution in [0, 0.1) is 0 Å². The molecular formula is C21H22O3. The van der Waals surface area contributed by atoms with Crippen LogP contribution in [0.5, 0.6) is 17.2 Å². The molecule has 3 heteroatoms. The molecule has 1 aliphatic rings. The number of benzene rings is 2. The van der Waals surface area contributed by atoms with Crippen molar-refractivity contribution in [2.75, 3.05) is 21.3 Å². The molecule has 0 aromatic heterocycles. The summed E-state index contributed by atoms with van der Waals surface area (Å²) in [5, 5.41) is 0. The molecule has 0 aliphatic heterocycles. The Kier molecular flexibility index (Phi) is 4.90. The van der Waals surface area contributed by atoms with Crippen molar-refractivity contribution in [1.29, 1.82) is 0 Å². The van der Waals surface area contributed by atoms with Gasteiger partial charge in [-0.3, -0.25) is 0 Å². The molecule has 24 heavy (non-hydrogen) atoms. The fourth-order valence-corrected chi connectivity index (χ4v) is 2.97. The Morgan fingerprint density at radius 1 is 0.792 bits per heavy atom. The largest absolute Gasteiger partial charge is 0.497 e. The summed E-state index contributed by atoms with van der Waals surface area (Å²) in [5.74, 6) is 2.81. The summed E-state index contributed by atoms with van der Waals surface area (Å²) < 4.78 is 16.0. The topological polar surface area (TPSA) is 27.7 Å². The van der Waals surface area contributed by atoms with Crippen LogP contribution in [0.3, 0.4) is 0 Å². The highest BCUT2D eigenvalue weighted by atomic mass is 16.5. The van der Waals surface area contributed by atoms with Gasteiger partial charge in [-0.2, -0.15) is 0 Å². The second-order valence-corrected chi connectivity index (χ2v) is 5.76. The third-order valence-corrected chi connectivity index (χ3v) is 4.34. The average Bonchev–Trinajstić information content (AvgIpc) is 2.67. The first kappa shape index (κ1) is 16.2. The first-order valence-corrected chi connectivity index (χ1v) is 7.98. The first-order chi connectivity index (χ1) is 11.7. The molecule has 2 aromatic rings. The fourth-order valence-electron chi connectivity index (χ4n) is 2.97. The maximum atomic E-state index is 5.39. The van der Waals surface area contributed by atoms with E-state index in [2.05, 4.69) is 42.5 Å². The number of ether oxygens (including phenoxy) is 3. The number of rotatable bonds is 5. The molecule has 0 amide bonds. The highest BCUT2D eigenvalue weighted by Crippen LogP contribution is 2.36. The second-order valence-electron chi connectivity index (χ2n) is 5.76. The van der Waals surface area contributed by atoms with Crippen LogP contribution in [0.2, 0.25) is 0 Å². The Bertz CT molecular complexity index is 735. The van der Waals surface area contributed by atoms with Gasteiger partial charge in [0.05, 0.1) is 21.3 Å². The molecule has 0 spiro atoms. The molecule has 1 aliphatic carbocycles. The number of methoxy groups -OCH3 is 3. The van der Waals surface area contributed by atoms with Crippen molar-refractivity contribution in [3.05, 3.63) is 71.8 Å². The predicted octanol–water partition coefficient (Wildman–Crippen LogP) is 4.84. The lowest BCUT2D eigenvalue weighted by Gasteiger charge is -2.20. The lowest BCUT2D eigenvalue weighted by molar-refractivity contribution is 0.393. The number of allylic oxidation sites excluding steroid dienone is 4. The van der Waals surface area contributed by atoms with E-state index >= 15 is 0 Å². The van der Waals surface area contributed by atoms with Crippen LogP contribution in [-0.4, -0.2) is 21.3 Å². The van der Waals surface area contributed by atoms with Gasteiger partial charge in [0.25, 0.3) is 0 Å². The standard InChI is InChI=1S/C21H22O3/c1-22-19-9-7-15(8-10-19)16-5-4-6-17(11-16)18-12-20(23-2)14-21(13-18)24-3/h4-10,12-14,17H,11H2,1-3H3. The Labute approximate surface area is 143 Å². The zero-order valence-corrected chi connectivity index (χ0v) is 14.3. The molecule has 0 radical (unpaired) electrons. The van der Waals surface area contributed by atoms with E-state index in [0.29, 0.717) is 5.92 Å². The minimum absolute atomic E-state index is 0.302. The van der Waals surface area contributed by atoms with Crippen LogP contribution in [0.25, 0.3) is 5.57 Å². The molecular weight excluding hydrogens is 300 g/mol. The van der Waals surface area contributed by atoms with Crippen LogP contribution in [-0.2, 0) is 0 Å². The monoisotopic (exact) mass is 322 g/mol. The normalized spacial score (nSPS) is 16.5. The highest BCUT2D eigenvalue weighted by Gasteiger charge is 2.17. The summed E-state index contributed by atoms with van der Waals surface area (Å²) in [4.78, 5) is 0. The van der Waals surface area contributed by atoms with Gasteiger partial charge in [0.1, 0.15) is 17.2 Å². The van der Waals surface area contributed by atoms with E-state index in [4.69, 9.17) is 14.2 Å². The van der Waals surface area contributed by atoms with Crippen LogP contribution < -0.4 is 14.2 Å². The summed E-state index contributed by atoms with van der Waals surface area (Å²) in [7, 11) is 5.04. The number of hydrogen-bond acceptors (Lipinski definition) is 3. The molecule has 3 nitrogen and oxygen atoms in total. The predicted molar refractivity (Wildman–Crippen MR) is 97.0 cm³/mol. The molecule has 1 unspecified atom stereocenters. The minimum atomic E-state index is 0.302. The van der Waals surface area contributed by atoms with E-state index in [0.717, 1.165) is 23.7 Å². The van der Waals surface area contributed by atoms with Crippen molar-refractivity contribution in [3.8, 4) is 17.2 Å². The second kappa shape index (κ2) is 7.26. The van der Waals surface area contributed by atoms with E-state index in [-0.39, 0.29) is 0 Å². The van der Waals surface area contributed by atoms with Gasteiger partial charge < -0.3 is 14.2 Å². The highest BCUT2D eigenvalue weighted by molar-refractivity contribution is 5.70. The van der Waals surface area contributed by atoms with E-state index in [9.17, 15) is 0 Å². The van der Waals surface area contributed by atoms with Gasteiger partial charge in [-0.15, -0.1) is 0 Å². The number of hydrogen-bond donors (Lipinski definition) is 0. The molecule has 1 atom stereocenters. The van der Waals surface area contributed by atoms with Gasteiger partial charge in [-0.05, 0) is 47.4 Å². The van der Waals surface area contributed by atoms with E-state index < -0.39 is 0 Å². The third kappa shape index (κ3) is 3.46. The van der Waals surface area contributed by atoms with Crippen LogP contribution in [0.15, 0.2) is 60.7 Å². The molecule has 124 valence electrons. The smallest absolute Gasteiger partial charge is 0.122 e. The zero-order valence-electron chi connectivity index (χ0n) is 14.3. The van der Waals surface area contributed by atoms with Gasteiger partial charge in [0.15, 0.2) is 0 Å². The zero-order chi connectivity index (χ0) is 16.9. The van der Waals surface area contributed by atoms with Crippen molar-refractivity contribution in [2.45, 2.75) is 12.3 Å². The Balaban J connectivity index is 1.85. The first-order valence-electron chi connectivity index (χ1n) is 7.98. The van der Waals surface area contributed by atoms with E-state index in [1.54, 1.807) is 21.3 Å². The molecule has 0 fully saturated rings. The van der Waals surface area contributed by atoms with E-state index in [1.807, 2.05) is 18.2 Å². The van der Waals surface area contributed by atoms with Gasteiger partial charge in [-0.25, -0.2) is 0 Å². The van der Waals surface area contributed by atoms with Crippen molar-refractivity contribution in [1.82, 2.24) is 0 Å². The minimum Gasteiger partial charge on any atom is -0.497 e. The van der Waals surface area contributed by atoms with Gasteiger partial charge in [-0.1, -0.05) is 30.4 Å². The molecule has 0 heterocycles. The Hall–Kier alpha value is -2.68. The fraction of sp³-hybridized carbons (Fsp3) is 0.238. The summed E-state index contributed by atoms with van der Waals surface area (Å²) in [5.41, 5.74) is 3.73. The molecule has 0 saturated carbocycles. The van der Waals surface area contributed by atoms with Gasteiger partial charge in [0, 0.05) is 12.0 Å². The average molecular weight is 322 g/mol. The van der Waals surface area contributed by atoms with Crippen LogP contribution in [0.1, 0.15) is 23.5 Å². The summed E-state index contributed by atoms with van der Waals surface area (Å²) >= 11 is 0. The van der Waals surface area contributed by atoms with E-state index in [1.165, 1.54) is 16.7 Å². The summed E-state index contributed by atoms with van der Waals surface area (Å²) in [6.07, 6.45) is 7.47. The SMILES string of the molecule is COc1ccc(C2=CC=CC(c3cc(OC)cc(OC)c3)C2)cc1. The molecule has 3 rings (SSSR count). The molecule has 0 bridgehead atoms. The molecule has 0 saturated heterocycles. The Morgan fingerprint density at radius 3 is 2.00 bits per heavy atom. The quantitative estimate of drug-likeness (QED) is 0.788. The van der Waals surface area contributed by atoms with Crippen molar-refractivity contribution < 1.29 is 14.2 Å². The van der Waals surface area contributed by atoms with Gasteiger partial charge in [0.2, 0.25) is 0 Å². The van der Waals surface area contributed by atoms with Crippen LogP contribution in [0.4, 0.5) is 0 Å². The van der Waals surface area contributed by atoms with Crippen molar-refractivity contribution >= 4 is 5.57 Å². The van der Waals surface area contributed by atoms with Crippen molar-refractivity contribution in [2.24, 2.45) is 0 Å². The lowest BCUT2D eigenvalue weighted by Crippen LogP contribution is -2.02. The summed E-state index contributed by atoms with van der Waals surface area (Å²) in [6.45, 7) is 0. The van der Waals surface area contributed by atoms with Crippen LogP contribution >= 0.6 is 0 Å². The molecule has 0 N–H and O–H groups in total. The summed E-state index contributed by atoms with van der Waals surface area (Å²) in [6, 6.07) is 14.3.